The quantitative estimate of drug-likeness (QED) is 0.238. The van der Waals surface area contributed by atoms with E-state index in [4.69, 9.17) is 0 Å². The molecule has 35 heavy (non-hydrogen) atoms. The van der Waals surface area contributed by atoms with Gasteiger partial charge < -0.3 is 9.88 Å². The predicted molar refractivity (Wildman–Crippen MR) is 138 cm³/mol. The Kier molecular flexibility index (Phi) is 6.77. The number of carbonyl (C=O) groups excluding carboxylic acids is 2. The van der Waals surface area contributed by atoms with Gasteiger partial charge in [-0.3, -0.25) is 9.59 Å². The molecule has 1 aliphatic rings. The minimum atomic E-state index is -0.539. The fraction of sp³-hybridized carbons (Fsp3) is 0.214. The topological polar surface area (TPSA) is 76.9 Å². The SMILES string of the molecule is CC(=O)c1cccc(NC(=O)[C@@H](Sc2nnc(C3CC3)n2Cc2ccccc2)c2ccccc2)c1. The van der Waals surface area contributed by atoms with E-state index in [2.05, 4.69) is 32.2 Å². The highest BCUT2D eigenvalue weighted by Crippen LogP contribution is 2.42. The van der Waals surface area contributed by atoms with E-state index in [-0.39, 0.29) is 11.7 Å². The lowest BCUT2D eigenvalue weighted by atomic mass is 10.1. The number of hydrogen-bond donors (Lipinski definition) is 1. The number of ketones is 1. The number of amides is 1. The number of anilines is 1. The Morgan fingerprint density at radius 2 is 1.69 bits per heavy atom. The summed E-state index contributed by atoms with van der Waals surface area (Å²) in [6.07, 6.45) is 2.24. The van der Waals surface area contributed by atoms with Gasteiger partial charge in [-0.25, -0.2) is 0 Å². The first-order valence-corrected chi connectivity index (χ1v) is 12.6. The summed E-state index contributed by atoms with van der Waals surface area (Å²) in [6, 6.07) is 26.9. The van der Waals surface area contributed by atoms with Crippen LogP contribution in [-0.4, -0.2) is 26.5 Å². The van der Waals surface area contributed by atoms with Crippen molar-refractivity contribution in [2.45, 2.75) is 42.6 Å². The van der Waals surface area contributed by atoms with Crippen molar-refractivity contribution in [3.8, 4) is 0 Å². The lowest BCUT2D eigenvalue weighted by Crippen LogP contribution is -2.20. The van der Waals surface area contributed by atoms with Gasteiger partial charge in [0.05, 0.1) is 6.54 Å². The molecule has 1 aliphatic carbocycles. The molecule has 1 aromatic heterocycles. The predicted octanol–water partition coefficient (Wildman–Crippen LogP) is 5.88. The first-order chi connectivity index (χ1) is 17.1. The van der Waals surface area contributed by atoms with E-state index in [1.54, 1.807) is 24.3 Å². The van der Waals surface area contributed by atoms with E-state index >= 15 is 0 Å². The number of carbonyl (C=O) groups is 2. The van der Waals surface area contributed by atoms with Crippen LogP contribution in [0.15, 0.2) is 90.1 Å². The van der Waals surface area contributed by atoms with Crippen molar-refractivity contribution >= 4 is 29.1 Å². The normalized spacial score (nSPS) is 13.9. The third-order valence-corrected chi connectivity index (χ3v) is 7.21. The summed E-state index contributed by atoms with van der Waals surface area (Å²) in [5.74, 6) is 1.19. The van der Waals surface area contributed by atoms with Crippen molar-refractivity contribution in [2.75, 3.05) is 5.32 Å². The maximum Gasteiger partial charge on any atom is 0.242 e. The highest BCUT2D eigenvalue weighted by molar-refractivity contribution is 8.00. The van der Waals surface area contributed by atoms with Crippen molar-refractivity contribution in [3.63, 3.8) is 0 Å². The van der Waals surface area contributed by atoms with Crippen molar-refractivity contribution in [1.82, 2.24) is 14.8 Å². The Morgan fingerprint density at radius 1 is 0.971 bits per heavy atom. The summed E-state index contributed by atoms with van der Waals surface area (Å²) >= 11 is 1.40. The van der Waals surface area contributed by atoms with Gasteiger partial charge >= 0.3 is 0 Å². The van der Waals surface area contributed by atoms with Gasteiger partial charge in [0, 0.05) is 17.2 Å². The molecule has 5 rings (SSSR count). The van der Waals surface area contributed by atoms with E-state index < -0.39 is 5.25 Å². The number of benzene rings is 3. The third-order valence-electron chi connectivity index (χ3n) is 5.97. The molecule has 3 aromatic carbocycles. The number of aromatic nitrogens is 3. The van der Waals surface area contributed by atoms with Crippen molar-refractivity contribution < 1.29 is 9.59 Å². The van der Waals surface area contributed by atoms with Gasteiger partial charge in [0.1, 0.15) is 11.1 Å². The Labute approximate surface area is 208 Å². The average Bonchev–Trinajstić information content (AvgIpc) is 3.65. The molecule has 4 aromatic rings. The largest absolute Gasteiger partial charge is 0.325 e. The van der Waals surface area contributed by atoms with Crippen LogP contribution in [0.5, 0.6) is 0 Å². The van der Waals surface area contributed by atoms with E-state index in [0.29, 0.717) is 23.7 Å². The van der Waals surface area contributed by atoms with Gasteiger partial charge in [0.2, 0.25) is 5.91 Å². The second kappa shape index (κ2) is 10.3. The maximum absolute atomic E-state index is 13.5. The zero-order chi connectivity index (χ0) is 24.2. The van der Waals surface area contributed by atoms with Crippen molar-refractivity contribution in [3.05, 3.63) is 107 Å². The second-order valence-corrected chi connectivity index (χ2v) is 9.79. The Morgan fingerprint density at radius 3 is 2.37 bits per heavy atom. The zero-order valence-electron chi connectivity index (χ0n) is 19.4. The molecule has 1 saturated carbocycles. The summed E-state index contributed by atoms with van der Waals surface area (Å²) in [5.41, 5.74) is 3.19. The highest BCUT2D eigenvalue weighted by atomic mass is 32.2. The molecule has 1 fully saturated rings. The van der Waals surface area contributed by atoms with Gasteiger partial charge in [-0.15, -0.1) is 10.2 Å². The molecule has 0 bridgehead atoms. The minimum Gasteiger partial charge on any atom is -0.325 e. The minimum absolute atomic E-state index is 0.0447. The third kappa shape index (κ3) is 5.52. The molecule has 0 radical (unpaired) electrons. The number of Topliss-reactive ketones (excluding diaryl/α,β-unsaturated/α-hetero) is 1. The van der Waals surface area contributed by atoms with Gasteiger partial charge in [0.25, 0.3) is 0 Å². The van der Waals surface area contributed by atoms with E-state index in [1.165, 1.54) is 18.7 Å². The molecule has 1 heterocycles. The monoisotopic (exact) mass is 482 g/mol. The first-order valence-electron chi connectivity index (χ1n) is 11.7. The van der Waals surface area contributed by atoms with Crippen LogP contribution >= 0.6 is 11.8 Å². The number of hydrogen-bond acceptors (Lipinski definition) is 5. The molecule has 0 aliphatic heterocycles. The lowest BCUT2D eigenvalue weighted by Gasteiger charge is -2.18. The van der Waals surface area contributed by atoms with Crippen LogP contribution in [0.1, 0.15) is 58.2 Å². The average molecular weight is 483 g/mol. The Balaban J connectivity index is 1.45. The van der Waals surface area contributed by atoms with Gasteiger partial charge in [0.15, 0.2) is 10.9 Å². The Bertz CT molecular complexity index is 1330. The molecule has 6 nitrogen and oxygen atoms in total. The molecular formula is C28H26N4O2S. The van der Waals surface area contributed by atoms with Crippen LogP contribution in [0.25, 0.3) is 0 Å². The number of nitrogens with zero attached hydrogens (tertiary/aromatic N) is 3. The lowest BCUT2D eigenvalue weighted by molar-refractivity contribution is -0.115. The molecule has 176 valence electrons. The van der Waals surface area contributed by atoms with E-state index in [0.717, 1.165) is 34.9 Å². The smallest absolute Gasteiger partial charge is 0.242 e. The van der Waals surface area contributed by atoms with Crippen LogP contribution in [0.3, 0.4) is 0 Å². The molecule has 0 saturated heterocycles. The number of rotatable bonds is 9. The molecule has 1 N–H and O–H groups in total. The number of thioether (sulfide) groups is 1. The van der Waals surface area contributed by atoms with E-state index in [1.807, 2.05) is 48.5 Å². The summed E-state index contributed by atoms with van der Waals surface area (Å²) in [5, 5.41) is 12.2. The summed E-state index contributed by atoms with van der Waals surface area (Å²) in [7, 11) is 0. The van der Waals surface area contributed by atoms with Gasteiger partial charge in [-0.1, -0.05) is 84.6 Å². The van der Waals surface area contributed by atoms with Gasteiger partial charge in [-0.05, 0) is 43.0 Å². The second-order valence-electron chi connectivity index (χ2n) is 8.72. The van der Waals surface area contributed by atoms with Crippen LogP contribution in [-0.2, 0) is 11.3 Å². The first kappa shape index (κ1) is 23.1. The molecule has 0 spiro atoms. The van der Waals surface area contributed by atoms with Gasteiger partial charge in [-0.2, -0.15) is 0 Å². The number of nitrogens with one attached hydrogen (secondary N) is 1. The standard InChI is InChI=1S/C28H26N4O2S/c1-19(33)23-13-8-14-24(17-23)29-27(34)25(21-11-6-3-7-12-21)35-28-31-30-26(22-15-16-22)32(28)18-20-9-4-2-5-10-20/h2-14,17,22,25H,15-16,18H2,1H3,(H,29,34)/t25-/m0/s1. The van der Waals surface area contributed by atoms with E-state index in [9.17, 15) is 9.59 Å². The summed E-state index contributed by atoms with van der Waals surface area (Å²) in [4.78, 5) is 25.3. The van der Waals surface area contributed by atoms with Crippen LogP contribution in [0, 0.1) is 0 Å². The van der Waals surface area contributed by atoms with Crippen LogP contribution in [0.4, 0.5) is 5.69 Å². The fourth-order valence-electron chi connectivity index (χ4n) is 3.98. The fourth-order valence-corrected chi connectivity index (χ4v) is 5.02. The molecule has 0 unspecified atom stereocenters. The van der Waals surface area contributed by atoms with Crippen LogP contribution < -0.4 is 5.32 Å². The zero-order valence-corrected chi connectivity index (χ0v) is 20.2. The van der Waals surface area contributed by atoms with Crippen molar-refractivity contribution in [2.24, 2.45) is 0 Å². The molecular weight excluding hydrogens is 456 g/mol. The molecule has 1 atom stereocenters. The maximum atomic E-state index is 13.5. The summed E-state index contributed by atoms with van der Waals surface area (Å²) < 4.78 is 2.15. The van der Waals surface area contributed by atoms with Crippen molar-refractivity contribution in [1.29, 1.82) is 0 Å². The summed E-state index contributed by atoms with van der Waals surface area (Å²) in [6.45, 7) is 2.17. The molecule has 7 heteroatoms. The Hall–Kier alpha value is -3.71. The highest BCUT2D eigenvalue weighted by Gasteiger charge is 2.32. The molecule has 1 amide bonds. The van der Waals surface area contributed by atoms with Crippen LogP contribution in [0.2, 0.25) is 0 Å².